The van der Waals surface area contributed by atoms with Crippen LogP contribution in [0.1, 0.15) is 31.9 Å². The summed E-state index contributed by atoms with van der Waals surface area (Å²) in [6.07, 6.45) is 0. The lowest BCUT2D eigenvalue weighted by Crippen LogP contribution is -2.43. The molecule has 6 heteroatoms. The van der Waals surface area contributed by atoms with Crippen LogP contribution < -0.4 is 10.3 Å². The van der Waals surface area contributed by atoms with Crippen LogP contribution in [0.3, 0.4) is 0 Å². The monoisotopic (exact) mass is 302 g/mol. The molecule has 0 radical (unpaired) electrons. The molecule has 0 saturated carbocycles. The first-order valence-corrected chi connectivity index (χ1v) is 8.00. The van der Waals surface area contributed by atoms with Crippen molar-refractivity contribution in [3.63, 3.8) is 0 Å². The standard InChI is InChI=1S/C13H23N2O2PS/c1-5-16-18(17-6-2)13(4,14-15-19)12-9-7-11(3)8-10-12/h7-10,14-15,19H,5-6H2,1-4H3/t13-/m1/s1. The van der Waals surface area contributed by atoms with Crippen molar-refractivity contribution in [1.29, 1.82) is 0 Å². The van der Waals surface area contributed by atoms with Gasteiger partial charge in [-0.3, -0.25) is 0 Å². The van der Waals surface area contributed by atoms with Gasteiger partial charge >= 0.3 is 0 Å². The van der Waals surface area contributed by atoms with E-state index in [2.05, 4.69) is 61.2 Å². The molecule has 1 aromatic rings. The Morgan fingerprint density at radius 1 is 1.16 bits per heavy atom. The number of thiol groups is 1. The first-order valence-electron chi connectivity index (χ1n) is 6.38. The molecule has 108 valence electrons. The van der Waals surface area contributed by atoms with Gasteiger partial charge in [0.1, 0.15) is 5.28 Å². The molecule has 0 aliphatic carbocycles. The number of nitrogens with one attached hydrogen (secondary N) is 2. The Balaban J connectivity index is 3.08. The van der Waals surface area contributed by atoms with Crippen LogP contribution in [-0.4, -0.2) is 13.2 Å². The van der Waals surface area contributed by atoms with Gasteiger partial charge in [0.05, 0.1) is 13.2 Å². The number of benzene rings is 1. The van der Waals surface area contributed by atoms with E-state index in [4.69, 9.17) is 9.05 Å². The highest BCUT2D eigenvalue weighted by Gasteiger charge is 2.38. The smallest absolute Gasteiger partial charge is 0.198 e. The second-order valence-corrected chi connectivity index (χ2v) is 6.42. The minimum atomic E-state index is -1.12. The van der Waals surface area contributed by atoms with Crippen LogP contribution in [0.5, 0.6) is 0 Å². The summed E-state index contributed by atoms with van der Waals surface area (Å²) in [5, 5.41) is -0.462. The highest BCUT2D eigenvalue weighted by atomic mass is 32.1. The maximum absolute atomic E-state index is 5.79. The summed E-state index contributed by atoms with van der Waals surface area (Å²) >= 11 is 4.05. The highest BCUT2D eigenvalue weighted by molar-refractivity contribution is 7.78. The molecule has 4 nitrogen and oxygen atoms in total. The topological polar surface area (TPSA) is 42.5 Å². The molecule has 0 bridgehead atoms. The minimum Gasteiger partial charge on any atom is -0.333 e. The van der Waals surface area contributed by atoms with Gasteiger partial charge in [-0.2, -0.15) is 0 Å². The van der Waals surface area contributed by atoms with Gasteiger partial charge in [-0.05, 0) is 33.3 Å². The molecule has 1 aromatic carbocycles. The molecule has 1 rings (SSSR count). The van der Waals surface area contributed by atoms with Gasteiger partial charge in [-0.15, -0.1) is 0 Å². The molecule has 0 saturated heterocycles. The van der Waals surface area contributed by atoms with Crippen molar-refractivity contribution in [3.05, 3.63) is 35.4 Å². The largest absolute Gasteiger partial charge is 0.333 e. The van der Waals surface area contributed by atoms with Crippen molar-refractivity contribution in [2.75, 3.05) is 13.2 Å². The van der Waals surface area contributed by atoms with E-state index >= 15 is 0 Å². The zero-order valence-corrected chi connectivity index (χ0v) is 13.7. The van der Waals surface area contributed by atoms with Crippen molar-refractivity contribution in [1.82, 2.24) is 10.3 Å². The van der Waals surface area contributed by atoms with E-state index in [9.17, 15) is 0 Å². The number of aryl methyl sites for hydroxylation is 1. The lowest BCUT2D eigenvalue weighted by molar-refractivity contribution is 0.238. The number of hydrogen-bond donors (Lipinski definition) is 3. The summed E-state index contributed by atoms with van der Waals surface area (Å²) in [5.41, 5.74) is 5.49. The van der Waals surface area contributed by atoms with E-state index in [1.165, 1.54) is 5.56 Å². The average molecular weight is 302 g/mol. The fourth-order valence-corrected chi connectivity index (χ4v) is 3.62. The third-order valence-corrected chi connectivity index (χ3v) is 4.97. The molecular weight excluding hydrogens is 279 g/mol. The summed E-state index contributed by atoms with van der Waals surface area (Å²) in [7, 11) is -1.12. The quantitative estimate of drug-likeness (QED) is 0.391. The van der Waals surface area contributed by atoms with Gasteiger partial charge in [0.25, 0.3) is 0 Å². The van der Waals surface area contributed by atoms with Crippen molar-refractivity contribution in [2.24, 2.45) is 0 Å². The van der Waals surface area contributed by atoms with Gasteiger partial charge in [0, 0.05) is 0 Å². The van der Waals surface area contributed by atoms with E-state index in [1.54, 1.807) is 0 Å². The number of hydrogen-bond acceptors (Lipinski definition) is 5. The molecular formula is C13H23N2O2PS. The predicted molar refractivity (Wildman–Crippen MR) is 84.0 cm³/mol. The van der Waals surface area contributed by atoms with Crippen LogP contribution >= 0.6 is 21.2 Å². The maximum atomic E-state index is 5.79. The van der Waals surface area contributed by atoms with Gasteiger partial charge < -0.3 is 9.05 Å². The highest BCUT2D eigenvalue weighted by Crippen LogP contribution is 2.55. The van der Waals surface area contributed by atoms with Gasteiger partial charge in [0.2, 0.25) is 0 Å². The van der Waals surface area contributed by atoms with E-state index in [0.717, 1.165) is 5.56 Å². The predicted octanol–water partition coefficient (Wildman–Crippen LogP) is 3.49. The molecule has 0 spiro atoms. The summed E-state index contributed by atoms with van der Waals surface area (Å²) < 4.78 is 11.6. The number of hydrazine groups is 1. The fourth-order valence-electron chi connectivity index (χ4n) is 1.74. The third kappa shape index (κ3) is 4.42. The Morgan fingerprint density at radius 3 is 2.11 bits per heavy atom. The Hall–Kier alpha value is -0.160. The summed E-state index contributed by atoms with van der Waals surface area (Å²) in [4.78, 5) is 2.72. The molecule has 0 aliphatic rings. The second kappa shape index (κ2) is 8.20. The van der Waals surface area contributed by atoms with E-state index in [-0.39, 0.29) is 0 Å². The van der Waals surface area contributed by atoms with E-state index < -0.39 is 13.7 Å². The van der Waals surface area contributed by atoms with Crippen LogP contribution in [-0.2, 0) is 14.3 Å². The fraction of sp³-hybridized carbons (Fsp3) is 0.538. The number of rotatable bonds is 8. The van der Waals surface area contributed by atoms with Crippen LogP contribution in [0.15, 0.2) is 24.3 Å². The Kier molecular flexibility index (Phi) is 7.29. The average Bonchev–Trinajstić information content (AvgIpc) is 2.39. The second-order valence-electron chi connectivity index (χ2n) is 4.27. The Morgan fingerprint density at radius 2 is 1.68 bits per heavy atom. The summed E-state index contributed by atoms with van der Waals surface area (Å²) in [5.74, 6) is 0. The van der Waals surface area contributed by atoms with Crippen LogP contribution in [0.4, 0.5) is 0 Å². The lowest BCUT2D eigenvalue weighted by atomic mass is 10.1. The molecule has 19 heavy (non-hydrogen) atoms. The van der Waals surface area contributed by atoms with Crippen molar-refractivity contribution < 1.29 is 9.05 Å². The molecule has 1 atom stereocenters. The van der Waals surface area contributed by atoms with Gasteiger partial charge in [-0.1, -0.05) is 42.6 Å². The van der Waals surface area contributed by atoms with Crippen molar-refractivity contribution >= 4 is 21.2 Å². The van der Waals surface area contributed by atoms with Crippen LogP contribution in [0, 0.1) is 6.92 Å². The molecule has 0 aliphatic heterocycles. The SMILES string of the molecule is CCOP(OCC)[C@@](C)(NNS)c1ccc(C)cc1. The summed E-state index contributed by atoms with van der Waals surface area (Å²) in [6, 6.07) is 8.33. The van der Waals surface area contributed by atoms with E-state index in [0.29, 0.717) is 13.2 Å². The van der Waals surface area contributed by atoms with E-state index in [1.807, 2.05) is 13.8 Å². The zero-order valence-electron chi connectivity index (χ0n) is 11.9. The first kappa shape index (κ1) is 16.9. The molecule has 0 aromatic heterocycles. The first-order chi connectivity index (χ1) is 9.08. The van der Waals surface area contributed by atoms with Crippen LogP contribution in [0.2, 0.25) is 0 Å². The maximum Gasteiger partial charge on any atom is 0.198 e. The Labute approximate surface area is 122 Å². The lowest BCUT2D eigenvalue weighted by Gasteiger charge is -2.36. The Bertz CT molecular complexity index is 371. The van der Waals surface area contributed by atoms with Gasteiger partial charge in [0.15, 0.2) is 8.38 Å². The molecule has 0 amide bonds. The zero-order chi connectivity index (χ0) is 14.3. The van der Waals surface area contributed by atoms with Gasteiger partial charge in [-0.25, -0.2) is 10.3 Å². The minimum absolute atomic E-state index is 0.462. The molecule has 0 heterocycles. The third-order valence-electron chi connectivity index (χ3n) is 2.77. The molecule has 0 unspecified atom stereocenters. The van der Waals surface area contributed by atoms with Crippen molar-refractivity contribution in [3.8, 4) is 0 Å². The molecule has 2 N–H and O–H groups in total. The normalized spacial score (nSPS) is 14.6. The molecule has 0 fully saturated rings. The van der Waals surface area contributed by atoms with Crippen LogP contribution in [0.25, 0.3) is 0 Å². The summed E-state index contributed by atoms with van der Waals surface area (Å²) in [6.45, 7) is 9.29. The van der Waals surface area contributed by atoms with Crippen molar-refractivity contribution in [2.45, 2.75) is 33.0 Å².